The van der Waals surface area contributed by atoms with Gasteiger partial charge in [0.2, 0.25) is 5.88 Å². The zero-order valence-corrected chi connectivity index (χ0v) is 9.08. The lowest BCUT2D eigenvalue weighted by atomic mass is 10.0. The van der Waals surface area contributed by atoms with Gasteiger partial charge in [-0.1, -0.05) is 0 Å². The van der Waals surface area contributed by atoms with E-state index in [2.05, 4.69) is 27.5 Å². The van der Waals surface area contributed by atoms with Gasteiger partial charge in [-0.2, -0.15) is 4.98 Å². The van der Waals surface area contributed by atoms with Crippen LogP contribution in [0.25, 0.3) is 0 Å². The Morgan fingerprint density at radius 1 is 1.53 bits per heavy atom. The molecule has 1 aromatic heterocycles. The predicted octanol–water partition coefficient (Wildman–Crippen LogP) is 0.649. The summed E-state index contributed by atoms with van der Waals surface area (Å²) in [5, 5.41) is 6.70. The minimum atomic E-state index is 0.0705. The first-order valence-electron chi connectivity index (χ1n) is 5.07. The molecule has 2 N–H and O–H groups in total. The second kappa shape index (κ2) is 4.02. The van der Waals surface area contributed by atoms with Crippen LogP contribution in [0.3, 0.4) is 0 Å². The van der Waals surface area contributed by atoms with Crippen LogP contribution >= 0.6 is 0 Å². The van der Waals surface area contributed by atoms with Crippen molar-refractivity contribution in [2.45, 2.75) is 18.9 Å². The lowest BCUT2D eigenvalue weighted by Gasteiger charge is -2.24. The van der Waals surface area contributed by atoms with Crippen LogP contribution in [0.5, 0.6) is 5.88 Å². The first-order chi connectivity index (χ1) is 7.22. The number of anilines is 1. The molecule has 1 aromatic rings. The summed E-state index contributed by atoms with van der Waals surface area (Å²) in [5.41, 5.74) is 0.0705. The van der Waals surface area contributed by atoms with E-state index in [0.29, 0.717) is 5.88 Å². The average Bonchev–Trinajstić information content (AvgIpc) is 2.65. The van der Waals surface area contributed by atoms with E-state index in [0.717, 1.165) is 25.3 Å². The molecule has 0 saturated carbocycles. The van der Waals surface area contributed by atoms with Crippen LogP contribution in [0.2, 0.25) is 0 Å². The number of nitrogens with zero attached hydrogens (tertiary/aromatic N) is 2. The Balaban J connectivity index is 2.09. The fraction of sp³-hybridized carbons (Fsp3) is 0.600. The van der Waals surface area contributed by atoms with Crippen LogP contribution in [-0.4, -0.2) is 35.7 Å². The third-order valence-corrected chi connectivity index (χ3v) is 2.62. The highest BCUT2D eigenvalue weighted by molar-refractivity contribution is 5.37. The van der Waals surface area contributed by atoms with Gasteiger partial charge in [0.05, 0.1) is 19.5 Å². The van der Waals surface area contributed by atoms with Gasteiger partial charge in [-0.3, -0.25) is 4.98 Å². The third kappa shape index (κ3) is 2.36. The Kier molecular flexibility index (Phi) is 2.73. The lowest BCUT2D eigenvalue weighted by Crippen LogP contribution is -2.37. The van der Waals surface area contributed by atoms with Gasteiger partial charge in [0.15, 0.2) is 0 Å². The van der Waals surface area contributed by atoms with Crippen molar-refractivity contribution in [3.05, 3.63) is 12.4 Å². The molecule has 15 heavy (non-hydrogen) atoms. The van der Waals surface area contributed by atoms with Crippen molar-refractivity contribution in [1.82, 2.24) is 15.3 Å². The summed E-state index contributed by atoms with van der Waals surface area (Å²) in [6.45, 7) is 4.17. The number of methoxy groups -OCH3 is 1. The predicted molar refractivity (Wildman–Crippen MR) is 58.1 cm³/mol. The van der Waals surface area contributed by atoms with Crippen LogP contribution in [0.1, 0.15) is 13.3 Å². The van der Waals surface area contributed by atoms with Gasteiger partial charge >= 0.3 is 0 Å². The molecule has 82 valence electrons. The topological polar surface area (TPSA) is 59.1 Å². The maximum atomic E-state index is 5.02. The van der Waals surface area contributed by atoms with Crippen molar-refractivity contribution in [1.29, 1.82) is 0 Å². The Hall–Kier alpha value is -1.36. The second-order valence-corrected chi connectivity index (χ2v) is 4.06. The fourth-order valence-electron chi connectivity index (χ4n) is 1.74. The van der Waals surface area contributed by atoms with Gasteiger partial charge in [0.25, 0.3) is 0 Å². The first-order valence-corrected chi connectivity index (χ1v) is 5.07. The van der Waals surface area contributed by atoms with Crippen LogP contribution in [0.15, 0.2) is 12.4 Å². The number of hydrogen-bond acceptors (Lipinski definition) is 5. The van der Waals surface area contributed by atoms with Gasteiger partial charge in [0.1, 0.15) is 5.82 Å². The minimum absolute atomic E-state index is 0.0705. The largest absolute Gasteiger partial charge is 0.480 e. The summed E-state index contributed by atoms with van der Waals surface area (Å²) in [7, 11) is 1.59. The SMILES string of the molecule is COc1cncc(NC2(C)CCNC2)n1. The van der Waals surface area contributed by atoms with Crippen molar-refractivity contribution in [2.75, 3.05) is 25.5 Å². The van der Waals surface area contributed by atoms with Crippen LogP contribution < -0.4 is 15.4 Å². The molecule has 1 unspecified atom stereocenters. The molecule has 0 spiro atoms. The molecule has 1 saturated heterocycles. The minimum Gasteiger partial charge on any atom is -0.480 e. The molecule has 1 fully saturated rings. The molecule has 1 aliphatic rings. The molecule has 5 nitrogen and oxygen atoms in total. The second-order valence-electron chi connectivity index (χ2n) is 4.06. The zero-order valence-electron chi connectivity index (χ0n) is 9.08. The van der Waals surface area contributed by atoms with Gasteiger partial charge in [0, 0.05) is 12.1 Å². The summed E-state index contributed by atoms with van der Waals surface area (Å²) in [4.78, 5) is 8.33. The van der Waals surface area contributed by atoms with E-state index in [1.807, 2.05) is 0 Å². The zero-order chi connectivity index (χ0) is 10.7. The molecule has 0 bridgehead atoms. The summed E-state index contributed by atoms with van der Waals surface area (Å²) in [6.07, 6.45) is 4.40. The van der Waals surface area contributed by atoms with E-state index in [1.165, 1.54) is 0 Å². The standard InChI is InChI=1S/C10H16N4O/c1-10(3-4-11-7-10)14-8-5-12-6-9(13-8)15-2/h5-6,11H,3-4,7H2,1-2H3,(H,13,14). The Labute approximate surface area is 89.3 Å². The number of hydrogen-bond donors (Lipinski definition) is 2. The molecule has 0 aromatic carbocycles. The van der Waals surface area contributed by atoms with Crippen molar-refractivity contribution in [3.8, 4) is 5.88 Å². The maximum Gasteiger partial charge on any atom is 0.233 e. The number of rotatable bonds is 3. The van der Waals surface area contributed by atoms with E-state index < -0.39 is 0 Å². The fourth-order valence-corrected chi connectivity index (χ4v) is 1.74. The van der Waals surface area contributed by atoms with Crippen molar-refractivity contribution in [3.63, 3.8) is 0 Å². The van der Waals surface area contributed by atoms with Crippen LogP contribution in [-0.2, 0) is 0 Å². The molecule has 2 heterocycles. The summed E-state index contributed by atoms with van der Waals surface area (Å²) >= 11 is 0. The molecular weight excluding hydrogens is 192 g/mol. The quantitative estimate of drug-likeness (QED) is 0.763. The highest BCUT2D eigenvalue weighted by Crippen LogP contribution is 2.20. The van der Waals surface area contributed by atoms with Crippen LogP contribution in [0.4, 0.5) is 5.82 Å². The number of nitrogens with one attached hydrogen (secondary N) is 2. The van der Waals surface area contributed by atoms with Crippen molar-refractivity contribution in [2.24, 2.45) is 0 Å². The Morgan fingerprint density at radius 2 is 2.40 bits per heavy atom. The van der Waals surface area contributed by atoms with Crippen LogP contribution in [0, 0.1) is 0 Å². The van der Waals surface area contributed by atoms with Gasteiger partial charge in [-0.05, 0) is 19.9 Å². The normalized spacial score (nSPS) is 25.2. The summed E-state index contributed by atoms with van der Waals surface area (Å²) in [6, 6.07) is 0. The van der Waals surface area contributed by atoms with E-state index in [4.69, 9.17) is 4.74 Å². The van der Waals surface area contributed by atoms with Crippen molar-refractivity contribution >= 4 is 5.82 Å². The smallest absolute Gasteiger partial charge is 0.233 e. The molecule has 0 aliphatic carbocycles. The van der Waals surface area contributed by atoms with Gasteiger partial charge in [-0.25, -0.2) is 0 Å². The van der Waals surface area contributed by atoms with Crippen molar-refractivity contribution < 1.29 is 4.74 Å². The summed E-state index contributed by atoms with van der Waals surface area (Å²) in [5.74, 6) is 1.30. The van der Waals surface area contributed by atoms with E-state index in [-0.39, 0.29) is 5.54 Å². The molecule has 5 heteroatoms. The summed E-state index contributed by atoms with van der Waals surface area (Å²) < 4.78 is 5.02. The molecule has 0 amide bonds. The van der Waals surface area contributed by atoms with E-state index >= 15 is 0 Å². The highest BCUT2D eigenvalue weighted by atomic mass is 16.5. The number of aromatic nitrogens is 2. The Bertz CT molecular complexity index is 336. The van der Waals surface area contributed by atoms with E-state index in [1.54, 1.807) is 19.5 Å². The van der Waals surface area contributed by atoms with Gasteiger partial charge in [-0.15, -0.1) is 0 Å². The van der Waals surface area contributed by atoms with Gasteiger partial charge < -0.3 is 15.4 Å². The molecular formula is C10H16N4O. The highest BCUT2D eigenvalue weighted by Gasteiger charge is 2.28. The first kappa shape index (κ1) is 10.2. The molecule has 1 aliphatic heterocycles. The van der Waals surface area contributed by atoms with E-state index in [9.17, 15) is 0 Å². The molecule has 0 radical (unpaired) electrons. The average molecular weight is 208 g/mol. The number of ether oxygens (including phenoxy) is 1. The lowest BCUT2D eigenvalue weighted by molar-refractivity contribution is 0.395. The molecule has 2 rings (SSSR count). The monoisotopic (exact) mass is 208 g/mol. The third-order valence-electron chi connectivity index (χ3n) is 2.62. The Morgan fingerprint density at radius 3 is 3.07 bits per heavy atom. The molecule has 1 atom stereocenters. The maximum absolute atomic E-state index is 5.02.